The summed E-state index contributed by atoms with van der Waals surface area (Å²) < 4.78 is 48.9. The van der Waals surface area contributed by atoms with E-state index < -0.39 is 34.3 Å². The topological polar surface area (TPSA) is 96.0 Å². The van der Waals surface area contributed by atoms with E-state index in [1.54, 1.807) is 25.1 Å². The molecule has 43 heavy (non-hydrogen) atoms. The van der Waals surface area contributed by atoms with E-state index in [-0.39, 0.29) is 39.7 Å². The SMILES string of the molecule is COc1ccc(N(CC(=O)N(Cc2ccccc2F)C(C)C(=O)NC2CCCCC2)S(=O)(=O)c2ccc(C)cc2)cc1Cl. The Hall–Kier alpha value is -3.63. The first-order valence-corrected chi connectivity index (χ1v) is 16.1. The molecule has 8 nitrogen and oxygen atoms in total. The van der Waals surface area contributed by atoms with Crippen molar-refractivity contribution in [3.63, 3.8) is 0 Å². The maximum atomic E-state index is 14.8. The normalized spacial score (nSPS) is 14.5. The summed E-state index contributed by atoms with van der Waals surface area (Å²) in [7, 11) is -2.84. The van der Waals surface area contributed by atoms with Crippen molar-refractivity contribution in [1.82, 2.24) is 10.2 Å². The van der Waals surface area contributed by atoms with Crippen LogP contribution in [0.1, 0.15) is 50.2 Å². The first kappa shape index (κ1) is 32.3. The molecule has 11 heteroatoms. The molecule has 1 aliphatic rings. The smallest absolute Gasteiger partial charge is 0.264 e. The number of anilines is 1. The molecule has 1 N–H and O–H groups in total. The van der Waals surface area contributed by atoms with Gasteiger partial charge in [0.1, 0.15) is 24.2 Å². The lowest BCUT2D eigenvalue weighted by atomic mass is 9.95. The van der Waals surface area contributed by atoms with Crippen molar-refractivity contribution in [2.75, 3.05) is 18.0 Å². The van der Waals surface area contributed by atoms with Crippen LogP contribution in [0.3, 0.4) is 0 Å². The molecule has 230 valence electrons. The third kappa shape index (κ3) is 7.86. The van der Waals surface area contributed by atoms with Gasteiger partial charge in [-0.25, -0.2) is 12.8 Å². The van der Waals surface area contributed by atoms with Crippen LogP contribution in [0.5, 0.6) is 5.75 Å². The molecule has 0 spiro atoms. The van der Waals surface area contributed by atoms with Gasteiger partial charge in [-0.05, 0) is 63.1 Å². The van der Waals surface area contributed by atoms with Gasteiger partial charge in [-0.2, -0.15) is 0 Å². The molecule has 1 aliphatic carbocycles. The monoisotopic (exact) mass is 629 g/mol. The van der Waals surface area contributed by atoms with Gasteiger partial charge in [-0.1, -0.05) is 66.8 Å². The van der Waals surface area contributed by atoms with Crippen LogP contribution in [0.4, 0.5) is 10.1 Å². The molecule has 0 saturated heterocycles. The number of nitrogens with one attached hydrogen (secondary N) is 1. The summed E-state index contributed by atoms with van der Waals surface area (Å²) in [5, 5.41) is 3.18. The quantitative estimate of drug-likeness (QED) is 0.287. The third-order valence-electron chi connectivity index (χ3n) is 7.73. The van der Waals surface area contributed by atoms with Gasteiger partial charge < -0.3 is 15.0 Å². The lowest BCUT2D eigenvalue weighted by Crippen LogP contribution is -2.53. The Morgan fingerprint density at radius 2 is 1.72 bits per heavy atom. The summed E-state index contributed by atoms with van der Waals surface area (Å²) in [5.74, 6) is -1.26. The second-order valence-corrected chi connectivity index (χ2v) is 13.0. The van der Waals surface area contributed by atoms with E-state index in [9.17, 15) is 22.4 Å². The van der Waals surface area contributed by atoms with Gasteiger partial charge >= 0.3 is 0 Å². The number of aryl methyl sites for hydroxylation is 1. The van der Waals surface area contributed by atoms with Gasteiger partial charge in [0.05, 0.1) is 22.7 Å². The summed E-state index contributed by atoms with van der Waals surface area (Å²) in [4.78, 5) is 28.7. The molecule has 2 amide bonds. The summed E-state index contributed by atoms with van der Waals surface area (Å²) in [6, 6.07) is 15.6. The van der Waals surface area contributed by atoms with Crippen LogP contribution in [0.2, 0.25) is 5.02 Å². The first-order valence-electron chi connectivity index (χ1n) is 14.3. The second-order valence-electron chi connectivity index (χ2n) is 10.8. The summed E-state index contributed by atoms with van der Waals surface area (Å²) >= 11 is 6.36. The predicted molar refractivity (Wildman–Crippen MR) is 165 cm³/mol. The van der Waals surface area contributed by atoms with Crippen molar-refractivity contribution >= 4 is 39.1 Å². The minimum atomic E-state index is -4.27. The van der Waals surface area contributed by atoms with Crippen molar-refractivity contribution in [3.05, 3.63) is 88.7 Å². The molecule has 3 aromatic rings. The van der Waals surface area contributed by atoms with Gasteiger partial charge in [0.25, 0.3) is 10.0 Å². The number of methoxy groups -OCH3 is 1. The highest BCUT2D eigenvalue weighted by Gasteiger charge is 2.34. The summed E-state index contributed by atoms with van der Waals surface area (Å²) in [6.45, 7) is 2.52. The van der Waals surface area contributed by atoms with E-state index >= 15 is 0 Å². The average Bonchev–Trinajstić information content (AvgIpc) is 2.99. The van der Waals surface area contributed by atoms with E-state index in [0.717, 1.165) is 42.0 Å². The minimum absolute atomic E-state index is 0.00559. The number of carbonyl (C=O) groups is 2. The third-order valence-corrected chi connectivity index (χ3v) is 9.81. The van der Waals surface area contributed by atoms with Crippen LogP contribution in [0.25, 0.3) is 0 Å². The Bertz CT molecular complexity index is 1540. The Morgan fingerprint density at radius 1 is 1.05 bits per heavy atom. The minimum Gasteiger partial charge on any atom is -0.495 e. The van der Waals surface area contributed by atoms with Crippen molar-refractivity contribution in [2.24, 2.45) is 0 Å². The fourth-order valence-corrected chi connectivity index (χ4v) is 6.80. The van der Waals surface area contributed by atoms with Gasteiger partial charge in [0, 0.05) is 18.2 Å². The zero-order chi connectivity index (χ0) is 31.1. The van der Waals surface area contributed by atoms with E-state index in [4.69, 9.17) is 16.3 Å². The maximum absolute atomic E-state index is 14.8. The van der Waals surface area contributed by atoms with Crippen molar-refractivity contribution in [1.29, 1.82) is 0 Å². The first-order chi connectivity index (χ1) is 20.5. The van der Waals surface area contributed by atoms with Gasteiger partial charge in [0.2, 0.25) is 11.8 Å². The molecule has 0 bridgehead atoms. The van der Waals surface area contributed by atoms with E-state index in [2.05, 4.69) is 5.32 Å². The van der Waals surface area contributed by atoms with E-state index in [1.165, 1.54) is 60.5 Å². The molecule has 0 heterocycles. The Labute approximate surface area is 257 Å². The number of amides is 2. The average molecular weight is 630 g/mol. The molecule has 1 fully saturated rings. The molecule has 1 atom stereocenters. The van der Waals surface area contributed by atoms with Crippen LogP contribution in [0, 0.1) is 12.7 Å². The molecule has 1 unspecified atom stereocenters. The number of halogens is 2. The van der Waals surface area contributed by atoms with Crippen molar-refractivity contribution < 1.29 is 27.1 Å². The maximum Gasteiger partial charge on any atom is 0.264 e. The summed E-state index contributed by atoms with van der Waals surface area (Å²) in [6.07, 6.45) is 4.82. The standard InChI is InChI=1S/C32H37ClFN3O5S/c1-22-13-16-27(17-14-22)43(40,41)37(26-15-18-30(42-3)28(33)19-26)21-31(38)36(20-24-9-7-8-12-29(24)34)23(2)32(39)35-25-10-5-4-6-11-25/h7-9,12-19,23,25H,4-6,10-11,20-21H2,1-3H3,(H,35,39). The lowest BCUT2D eigenvalue weighted by molar-refractivity contribution is -0.139. The van der Waals surface area contributed by atoms with E-state index in [0.29, 0.717) is 5.75 Å². The van der Waals surface area contributed by atoms with Crippen molar-refractivity contribution in [2.45, 2.75) is 69.5 Å². The molecule has 0 radical (unpaired) electrons. The summed E-state index contributed by atoms with van der Waals surface area (Å²) in [5.41, 5.74) is 1.20. The molecule has 0 aromatic heterocycles. The van der Waals surface area contributed by atoms with Crippen LogP contribution in [-0.2, 0) is 26.2 Å². The number of rotatable bonds is 11. The second kappa shape index (κ2) is 14.2. The highest BCUT2D eigenvalue weighted by Crippen LogP contribution is 2.32. The van der Waals surface area contributed by atoms with Gasteiger partial charge in [0.15, 0.2) is 0 Å². The van der Waals surface area contributed by atoms with Crippen LogP contribution >= 0.6 is 11.6 Å². The van der Waals surface area contributed by atoms with Gasteiger partial charge in [-0.3, -0.25) is 13.9 Å². The molecule has 4 rings (SSSR count). The zero-order valence-corrected chi connectivity index (χ0v) is 26.1. The molecular weight excluding hydrogens is 593 g/mol. The molecule has 0 aliphatic heterocycles. The molecular formula is C32H37ClFN3O5S. The predicted octanol–water partition coefficient (Wildman–Crippen LogP) is 5.86. The van der Waals surface area contributed by atoms with E-state index in [1.807, 2.05) is 6.92 Å². The van der Waals surface area contributed by atoms with Crippen LogP contribution in [-0.4, -0.2) is 50.9 Å². The van der Waals surface area contributed by atoms with Gasteiger partial charge in [-0.15, -0.1) is 0 Å². The number of hydrogen-bond donors (Lipinski definition) is 1. The number of ether oxygens (including phenoxy) is 1. The number of sulfonamides is 1. The number of carbonyl (C=O) groups excluding carboxylic acids is 2. The molecule has 1 saturated carbocycles. The zero-order valence-electron chi connectivity index (χ0n) is 24.6. The number of benzene rings is 3. The Kier molecular flexibility index (Phi) is 10.7. The Morgan fingerprint density at radius 3 is 2.35 bits per heavy atom. The largest absolute Gasteiger partial charge is 0.495 e. The number of nitrogens with zero attached hydrogens (tertiary/aromatic N) is 2. The lowest BCUT2D eigenvalue weighted by Gasteiger charge is -2.33. The fraction of sp³-hybridized carbons (Fsp3) is 0.375. The number of hydrogen-bond acceptors (Lipinski definition) is 5. The van der Waals surface area contributed by atoms with Crippen molar-refractivity contribution in [3.8, 4) is 5.75 Å². The van der Waals surface area contributed by atoms with Crippen LogP contribution < -0.4 is 14.4 Å². The molecule has 3 aromatic carbocycles. The highest BCUT2D eigenvalue weighted by atomic mass is 35.5. The Balaban J connectivity index is 1.71. The fourth-order valence-electron chi connectivity index (χ4n) is 5.14. The van der Waals surface area contributed by atoms with Crippen LogP contribution in [0.15, 0.2) is 71.6 Å². The highest BCUT2D eigenvalue weighted by molar-refractivity contribution is 7.92.